The number of aliphatic hydroxyl groups excluding tert-OH is 3. The molecule has 2 fully saturated rings. The molecule has 5 rings (SSSR count). The second kappa shape index (κ2) is 10.1. The zero-order chi connectivity index (χ0) is 26.5. The van der Waals surface area contributed by atoms with Gasteiger partial charge in [-0.25, -0.2) is 18.1 Å². The van der Waals surface area contributed by atoms with Gasteiger partial charge < -0.3 is 24.8 Å². The highest BCUT2D eigenvalue weighted by Gasteiger charge is 2.48. The second-order valence-corrected chi connectivity index (χ2v) is 10.7. The predicted molar refractivity (Wildman–Crippen MR) is 127 cm³/mol. The Morgan fingerprint density at radius 3 is 2.57 bits per heavy atom. The molecule has 0 bridgehead atoms. The molecule has 1 aliphatic heterocycles. The summed E-state index contributed by atoms with van der Waals surface area (Å²) in [6.07, 6.45) is 0.605. The normalized spacial score (nSPS) is 31.9. The topological polar surface area (TPSA) is 141 Å². The van der Waals surface area contributed by atoms with Crippen LogP contribution < -0.4 is 0 Å². The van der Waals surface area contributed by atoms with Crippen LogP contribution in [-0.4, -0.2) is 89.5 Å². The fourth-order valence-electron chi connectivity index (χ4n) is 5.20. The molecule has 1 saturated heterocycles. The number of halogens is 3. The van der Waals surface area contributed by atoms with E-state index in [1.165, 1.54) is 30.1 Å². The molecule has 1 saturated carbocycles. The summed E-state index contributed by atoms with van der Waals surface area (Å²) in [5.41, 5.74) is 0.259. The van der Waals surface area contributed by atoms with Crippen LogP contribution in [0.1, 0.15) is 31.5 Å². The van der Waals surface area contributed by atoms with E-state index in [-0.39, 0.29) is 33.8 Å². The van der Waals surface area contributed by atoms with Gasteiger partial charge in [-0.15, -0.1) is 10.2 Å². The molecule has 3 heterocycles. The number of benzene rings is 1. The van der Waals surface area contributed by atoms with Crippen molar-refractivity contribution in [2.75, 3.05) is 13.7 Å². The number of nitrogens with zero attached hydrogens (tertiary/aromatic N) is 6. The molecular weight excluding hydrogens is 558 g/mol. The van der Waals surface area contributed by atoms with Gasteiger partial charge >= 0.3 is 0 Å². The summed E-state index contributed by atoms with van der Waals surface area (Å²) >= 11 is 2.95. The molecule has 3 N–H and O–H groups in total. The molecular formula is C23H27BrF2N6O5. The molecule has 200 valence electrons. The fraction of sp³-hybridized carbons (Fsp3) is 0.565. The van der Waals surface area contributed by atoms with Crippen LogP contribution in [0, 0.1) is 11.6 Å². The van der Waals surface area contributed by atoms with Crippen molar-refractivity contribution in [3.8, 4) is 11.3 Å². The molecule has 0 unspecified atom stereocenters. The van der Waals surface area contributed by atoms with Crippen molar-refractivity contribution >= 4 is 15.9 Å². The van der Waals surface area contributed by atoms with E-state index in [9.17, 15) is 24.1 Å². The van der Waals surface area contributed by atoms with Crippen LogP contribution in [-0.2, 0) is 21.4 Å². The third-order valence-corrected chi connectivity index (χ3v) is 7.83. The fourth-order valence-corrected chi connectivity index (χ4v) is 5.51. The summed E-state index contributed by atoms with van der Waals surface area (Å²) < 4.78 is 43.3. The summed E-state index contributed by atoms with van der Waals surface area (Å²) in [5, 5.41) is 47.1. The maximum Gasteiger partial charge on any atom is 0.173 e. The molecule has 14 heteroatoms. The summed E-state index contributed by atoms with van der Waals surface area (Å²) in [6.45, 7) is 1.52. The van der Waals surface area contributed by atoms with Crippen LogP contribution in [0.15, 0.2) is 29.0 Å². The van der Waals surface area contributed by atoms with E-state index < -0.39 is 48.7 Å². The summed E-state index contributed by atoms with van der Waals surface area (Å²) in [6, 6.07) is 1.87. The van der Waals surface area contributed by atoms with E-state index >= 15 is 0 Å². The van der Waals surface area contributed by atoms with Crippen LogP contribution in [0.4, 0.5) is 8.78 Å². The molecule has 1 aliphatic carbocycles. The molecule has 37 heavy (non-hydrogen) atoms. The first-order valence-electron chi connectivity index (χ1n) is 11.8. The lowest BCUT2D eigenvalue weighted by molar-refractivity contribution is -0.212. The Morgan fingerprint density at radius 1 is 1.14 bits per heavy atom. The molecule has 3 aromatic rings. The van der Waals surface area contributed by atoms with Gasteiger partial charge in [0, 0.05) is 25.3 Å². The van der Waals surface area contributed by atoms with Crippen molar-refractivity contribution < 1.29 is 33.6 Å². The van der Waals surface area contributed by atoms with Crippen LogP contribution in [0.3, 0.4) is 0 Å². The van der Waals surface area contributed by atoms with Crippen molar-refractivity contribution in [2.24, 2.45) is 0 Å². The first kappa shape index (κ1) is 26.3. The third kappa shape index (κ3) is 4.70. The highest BCUT2D eigenvalue weighted by molar-refractivity contribution is 9.10. The van der Waals surface area contributed by atoms with E-state index in [1.54, 1.807) is 10.9 Å². The Kier molecular flexibility index (Phi) is 7.15. The van der Waals surface area contributed by atoms with Crippen LogP contribution >= 0.6 is 15.9 Å². The average molecular weight is 585 g/mol. The Labute approximate surface area is 219 Å². The van der Waals surface area contributed by atoms with Crippen molar-refractivity contribution in [3.05, 3.63) is 46.3 Å². The Hall–Kier alpha value is -2.36. The Morgan fingerprint density at radius 2 is 1.89 bits per heavy atom. The number of methoxy groups -OCH3 is 1. The van der Waals surface area contributed by atoms with E-state index in [2.05, 4.69) is 36.6 Å². The highest BCUT2D eigenvalue weighted by Crippen LogP contribution is 2.39. The molecule has 0 amide bonds. The Balaban J connectivity index is 1.42. The second-order valence-electron chi connectivity index (χ2n) is 9.80. The number of ether oxygens (including phenoxy) is 2. The van der Waals surface area contributed by atoms with Gasteiger partial charge in [0.05, 0.1) is 40.7 Å². The van der Waals surface area contributed by atoms with Gasteiger partial charge in [-0.1, -0.05) is 10.4 Å². The largest absolute Gasteiger partial charge is 0.394 e. The van der Waals surface area contributed by atoms with Crippen molar-refractivity contribution in [2.45, 2.75) is 68.3 Å². The average Bonchev–Trinajstić information content (AvgIpc) is 3.52. The summed E-state index contributed by atoms with van der Waals surface area (Å²) in [7, 11) is 1.45. The van der Waals surface area contributed by atoms with Gasteiger partial charge in [0.1, 0.15) is 30.0 Å². The number of hydrogen-bond donors (Lipinski definition) is 3. The minimum Gasteiger partial charge on any atom is -0.394 e. The monoisotopic (exact) mass is 584 g/mol. The van der Waals surface area contributed by atoms with Gasteiger partial charge in [0.25, 0.3) is 0 Å². The summed E-state index contributed by atoms with van der Waals surface area (Å²) in [5.74, 6) is -2.13. The minimum absolute atomic E-state index is 0.0199. The van der Waals surface area contributed by atoms with Crippen LogP contribution in [0.2, 0.25) is 0 Å². The molecule has 5 atom stereocenters. The molecule has 0 spiro atoms. The van der Waals surface area contributed by atoms with E-state index in [1.807, 2.05) is 6.92 Å². The predicted octanol–water partition coefficient (Wildman–Crippen LogP) is 1.37. The molecule has 1 aromatic carbocycles. The lowest BCUT2D eigenvalue weighted by Gasteiger charge is -2.43. The van der Waals surface area contributed by atoms with Crippen LogP contribution in [0.5, 0.6) is 0 Å². The quantitative estimate of drug-likeness (QED) is 0.351. The molecule has 11 nitrogen and oxygen atoms in total. The maximum atomic E-state index is 14.5. The number of hydrogen-bond acceptors (Lipinski definition) is 9. The standard InChI is InChI=1S/C23H27BrF2N6O5/c1-23(6-12(34)7-23)32-8-11(27-30-32)5-16-22(36-2)20(21(35)17(10-33)37-16)31-9-15(28-29-31)13-3-4-14(24)19(26)18(13)25/h3-4,8-9,12,16-17,20-22,33-35H,5-7,10H2,1-2H3/t12?,16-,17-,20+,21+,22+,23?/m1/s1. The number of rotatable bonds is 7. The first-order valence-corrected chi connectivity index (χ1v) is 12.6. The van der Waals surface area contributed by atoms with Gasteiger partial charge in [0.2, 0.25) is 0 Å². The minimum atomic E-state index is -1.24. The van der Waals surface area contributed by atoms with Gasteiger partial charge in [-0.2, -0.15) is 0 Å². The molecule has 0 radical (unpaired) electrons. The first-order chi connectivity index (χ1) is 17.6. The van der Waals surface area contributed by atoms with Gasteiger partial charge in [0.15, 0.2) is 11.6 Å². The lowest BCUT2D eigenvalue weighted by Crippen LogP contribution is -2.57. The van der Waals surface area contributed by atoms with Gasteiger partial charge in [-0.05, 0) is 47.8 Å². The zero-order valence-electron chi connectivity index (χ0n) is 20.1. The molecule has 2 aliphatic rings. The number of aliphatic hydroxyl groups is 3. The SMILES string of the molecule is CO[C@@H]1[C@@H](n2cc(-c3ccc(Br)c(F)c3F)nn2)[C@@H](O)[C@@H](CO)O[C@@H]1Cc1cn(C2(C)CC(O)C2)nn1. The summed E-state index contributed by atoms with van der Waals surface area (Å²) in [4.78, 5) is 0. The van der Waals surface area contributed by atoms with E-state index in [0.717, 1.165) is 0 Å². The highest BCUT2D eigenvalue weighted by atomic mass is 79.9. The van der Waals surface area contributed by atoms with Gasteiger partial charge in [-0.3, -0.25) is 0 Å². The van der Waals surface area contributed by atoms with Crippen LogP contribution in [0.25, 0.3) is 11.3 Å². The third-order valence-electron chi connectivity index (χ3n) is 7.22. The van der Waals surface area contributed by atoms with Crippen molar-refractivity contribution in [1.82, 2.24) is 30.0 Å². The van der Waals surface area contributed by atoms with Crippen molar-refractivity contribution in [1.29, 1.82) is 0 Å². The molecule has 2 aromatic heterocycles. The van der Waals surface area contributed by atoms with Crippen molar-refractivity contribution in [3.63, 3.8) is 0 Å². The van der Waals surface area contributed by atoms with E-state index in [4.69, 9.17) is 9.47 Å². The Bertz CT molecular complexity index is 1270. The lowest BCUT2D eigenvalue weighted by atomic mass is 9.76. The zero-order valence-corrected chi connectivity index (χ0v) is 21.7. The smallest absolute Gasteiger partial charge is 0.173 e. The van der Waals surface area contributed by atoms with E-state index in [0.29, 0.717) is 18.5 Å². The number of aromatic nitrogens is 6. The maximum absolute atomic E-state index is 14.5.